The molecule has 0 spiro atoms. The van der Waals surface area contributed by atoms with E-state index in [1.165, 1.54) is 18.9 Å². The minimum Gasteiger partial charge on any atom is -0.370 e. The summed E-state index contributed by atoms with van der Waals surface area (Å²) >= 11 is 0. The van der Waals surface area contributed by atoms with Crippen molar-refractivity contribution in [3.05, 3.63) is 23.4 Å². The standard InChI is InChI=1S/C16H25F2N3.H2/c1-2-16(17,18)12-19-10-4-3-7-14-9-8-13-6-5-11-20-15(13)21-14;/h8-9,19H,2-7,10-12H2,1H3,(H,20,21);1H. The Labute approximate surface area is 127 Å². The van der Waals surface area contributed by atoms with Crippen LogP contribution < -0.4 is 10.6 Å². The fourth-order valence-corrected chi connectivity index (χ4v) is 2.46. The monoisotopic (exact) mass is 299 g/mol. The van der Waals surface area contributed by atoms with E-state index in [-0.39, 0.29) is 14.4 Å². The number of rotatable bonds is 8. The number of nitrogens with zero attached hydrogens (tertiary/aromatic N) is 1. The molecule has 1 aliphatic rings. The van der Waals surface area contributed by atoms with Crippen LogP contribution in [0.3, 0.4) is 0 Å². The van der Waals surface area contributed by atoms with E-state index in [0.717, 1.165) is 43.7 Å². The lowest BCUT2D eigenvalue weighted by molar-refractivity contribution is -0.00145. The third kappa shape index (κ3) is 5.23. The van der Waals surface area contributed by atoms with Crippen LogP contribution in [0.1, 0.15) is 45.3 Å². The third-order valence-electron chi connectivity index (χ3n) is 3.89. The number of pyridine rings is 1. The summed E-state index contributed by atoms with van der Waals surface area (Å²) in [5.41, 5.74) is 2.38. The summed E-state index contributed by atoms with van der Waals surface area (Å²) in [5, 5.41) is 6.16. The average Bonchev–Trinajstić information content (AvgIpc) is 2.50. The van der Waals surface area contributed by atoms with Crippen molar-refractivity contribution in [2.45, 2.75) is 51.4 Å². The van der Waals surface area contributed by atoms with Crippen molar-refractivity contribution in [2.75, 3.05) is 25.0 Å². The van der Waals surface area contributed by atoms with E-state index in [4.69, 9.17) is 0 Å². The molecule has 1 aromatic rings. The molecule has 0 radical (unpaired) electrons. The normalized spacial score (nSPS) is 14.6. The maximum atomic E-state index is 13.0. The molecular weight excluding hydrogens is 272 g/mol. The van der Waals surface area contributed by atoms with Crippen LogP contribution in [0, 0.1) is 0 Å². The molecule has 0 amide bonds. The Morgan fingerprint density at radius 2 is 2.24 bits per heavy atom. The molecule has 0 aliphatic carbocycles. The molecule has 1 aromatic heterocycles. The average molecular weight is 299 g/mol. The highest BCUT2D eigenvalue weighted by molar-refractivity contribution is 5.46. The van der Waals surface area contributed by atoms with Crippen LogP contribution in [0.2, 0.25) is 0 Å². The van der Waals surface area contributed by atoms with Gasteiger partial charge in [-0.25, -0.2) is 13.8 Å². The van der Waals surface area contributed by atoms with Crippen LogP contribution in [0.4, 0.5) is 14.6 Å². The number of aromatic nitrogens is 1. The van der Waals surface area contributed by atoms with Gasteiger partial charge in [0.15, 0.2) is 0 Å². The minimum atomic E-state index is -2.58. The number of nitrogens with one attached hydrogen (secondary N) is 2. The lowest BCUT2D eigenvalue weighted by Crippen LogP contribution is -2.32. The van der Waals surface area contributed by atoms with E-state index < -0.39 is 5.92 Å². The van der Waals surface area contributed by atoms with Crippen molar-refractivity contribution in [1.29, 1.82) is 0 Å². The molecule has 1 aliphatic heterocycles. The number of alkyl halides is 2. The van der Waals surface area contributed by atoms with Gasteiger partial charge in [0, 0.05) is 20.1 Å². The van der Waals surface area contributed by atoms with Gasteiger partial charge in [0.05, 0.1) is 6.54 Å². The summed E-state index contributed by atoms with van der Waals surface area (Å²) in [6.07, 6.45) is 4.93. The first-order valence-electron chi connectivity index (χ1n) is 7.92. The fraction of sp³-hybridized carbons (Fsp3) is 0.688. The summed E-state index contributed by atoms with van der Waals surface area (Å²) < 4.78 is 26.0. The summed E-state index contributed by atoms with van der Waals surface area (Å²) in [6, 6.07) is 4.24. The van der Waals surface area contributed by atoms with Crippen molar-refractivity contribution in [3.8, 4) is 0 Å². The van der Waals surface area contributed by atoms with Gasteiger partial charge in [0.1, 0.15) is 5.82 Å². The number of fused-ring (bicyclic) bond motifs is 1. The van der Waals surface area contributed by atoms with E-state index in [0.29, 0.717) is 6.54 Å². The Bertz CT molecular complexity index is 455. The summed E-state index contributed by atoms with van der Waals surface area (Å²) in [7, 11) is 0. The summed E-state index contributed by atoms with van der Waals surface area (Å²) in [5.74, 6) is -1.55. The second-order valence-corrected chi connectivity index (χ2v) is 5.68. The van der Waals surface area contributed by atoms with Gasteiger partial charge in [-0.2, -0.15) is 0 Å². The largest absolute Gasteiger partial charge is 0.370 e. The van der Waals surface area contributed by atoms with Gasteiger partial charge in [0.2, 0.25) is 0 Å². The third-order valence-corrected chi connectivity index (χ3v) is 3.89. The SMILES string of the molecule is CCC(F)(F)CNCCCCc1ccc2c(n1)NCCC2.[HH]. The van der Waals surface area contributed by atoms with E-state index in [1.54, 1.807) is 0 Å². The molecule has 3 nitrogen and oxygen atoms in total. The molecule has 0 bridgehead atoms. The van der Waals surface area contributed by atoms with Gasteiger partial charge in [-0.1, -0.05) is 13.0 Å². The Morgan fingerprint density at radius 3 is 3.05 bits per heavy atom. The molecule has 0 saturated carbocycles. The first kappa shape index (κ1) is 16.1. The number of hydrogen-bond donors (Lipinski definition) is 2. The van der Waals surface area contributed by atoms with Crippen molar-refractivity contribution < 1.29 is 10.2 Å². The number of anilines is 1. The predicted octanol–water partition coefficient (Wildman–Crippen LogP) is 3.64. The van der Waals surface area contributed by atoms with Crippen molar-refractivity contribution in [2.24, 2.45) is 0 Å². The molecule has 2 rings (SSSR count). The van der Waals surface area contributed by atoms with E-state index in [9.17, 15) is 8.78 Å². The molecule has 2 heterocycles. The first-order valence-corrected chi connectivity index (χ1v) is 7.92. The van der Waals surface area contributed by atoms with Crippen molar-refractivity contribution >= 4 is 5.82 Å². The molecule has 0 unspecified atom stereocenters. The maximum absolute atomic E-state index is 13.0. The van der Waals surface area contributed by atoms with Gasteiger partial charge in [-0.3, -0.25) is 0 Å². The topological polar surface area (TPSA) is 37.0 Å². The van der Waals surface area contributed by atoms with Crippen LogP contribution in [0.25, 0.3) is 0 Å². The van der Waals surface area contributed by atoms with Crippen LogP contribution in [0.15, 0.2) is 12.1 Å². The Morgan fingerprint density at radius 1 is 1.38 bits per heavy atom. The molecule has 5 heteroatoms. The van der Waals surface area contributed by atoms with Gasteiger partial charge in [-0.05, 0) is 50.3 Å². The van der Waals surface area contributed by atoms with Crippen LogP contribution in [0.5, 0.6) is 0 Å². The van der Waals surface area contributed by atoms with E-state index in [2.05, 4.69) is 27.8 Å². The fourth-order valence-electron chi connectivity index (χ4n) is 2.46. The van der Waals surface area contributed by atoms with E-state index >= 15 is 0 Å². The van der Waals surface area contributed by atoms with Crippen LogP contribution >= 0.6 is 0 Å². The quantitative estimate of drug-likeness (QED) is 0.720. The number of aryl methyl sites for hydroxylation is 2. The molecular formula is C16H27F2N3. The van der Waals surface area contributed by atoms with Gasteiger partial charge in [0.25, 0.3) is 5.92 Å². The number of unbranched alkanes of at least 4 members (excludes halogenated alkanes) is 1. The number of halogens is 2. The van der Waals surface area contributed by atoms with Gasteiger partial charge in [-0.15, -0.1) is 0 Å². The maximum Gasteiger partial charge on any atom is 0.260 e. The smallest absolute Gasteiger partial charge is 0.260 e. The minimum absolute atomic E-state index is 0. The summed E-state index contributed by atoms with van der Waals surface area (Å²) in [6.45, 7) is 2.93. The molecule has 0 fully saturated rings. The summed E-state index contributed by atoms with van der Waals surface area (Å²) in [4.78, 5) is 4.63. The highest BCUT2D eigenvalue weighted by atomic mass is 19.3. The highest BCUT2D eigenvalue weighted by Gasteiger charge is 2.24. The zero-order valence-corrected chi connectivity index (χ0v) is 12.7. The molecule has 120 valence electrons. The lowest BCUT2D eigenvalue weighted by atomic mass is 10.1. The van der Waals surface area contributed by atoms with Crippen LogP contribution in [-0.4, -0.2) is 30.5 Å². The zero-order valence-electron chi connectivity index (χ0n) is 12.7. The number of hydrogen-bond acceptors (Lipinski definition) is 3. The zero-order chi connectivity index (χ0) is 15.1. The Kier molecular flexibility index (Phi) is 5.91. The molecule has 0 aromatic carbocycles. The first-order chi connectivity index (χ1) is 10.1. The molecule has 0 saturated heterocycles. The second kappa shape index (κ2) is 7.69. The molecule has 21 heavy (non-hydrogen) atoms. The van der Waals surface area contributed by atoms with Crippen molar-refractivity contribution in [3.63, 3.8) is 0 Å². The van der Waals surface area contributed by atoms with Gasteiger partial charge >= 0.3 is 0 Å². The Balaban J connectivity index is 0.00000242. The highest BCUT2D eigenvalue weighted by Crippen LogP contribution is 2.20. The van der Waals surface area contributed by atoms with E-state index in [1.807, 2.05) is 0 Å². The Hall–Kier alpha value is -1.23. The lowest BCUT2D eigenvalue weighted by Gasteiger charge is -2.17. The van der Waals surface area contributed by atoms with Gasteiger partial charge < -0.3 is 10.6 Å². The molecule has 0 atom stereocenters. The van der Waals surface area contributed by atoms with Crippen LogP contribution in [-0.2, 0) is 12.8 Å². The molecule has 2 N–H and O–H groups in total. The second-order valence-electron chi connectivity index (χ2n) is 5.68. The predicted molar refractivity (Wildman–Crippen MR) is 84.2 cm³/mol. The van der Waals surface area contributed by atoms with Crippen molar-refractivity contribution in [1.82, 2.24) is 10.3 Å².